The molecule has 0 aliphatic heterocycles. The molecule has 4 heteroatoms. The first-order valence-corrected chi connectivity index (χ1v) is 4.54. The summed E-state index contributed by atoms with van der Waals surface area (Å²) in [6.45, 7) is 4.24. The van der Waals surface area contributed by atoms with E-state index in [0.717, 1.165) is 5.69 Å². The van der Waals surface area contributed by atoms with Crippen LogP contribution in [0.1, 0.15) is 29.9 Å². The topological polar surface area (TPSA) is 59.4 Å². The Morgan fingerprint density at radius 3 is 2.71 bits per heavy atom. The monoisotopic (exact) mass is 195 g/mol. The van der Waals surface area contributed by atoms with Crippen molar-refractivity contribution < 1.29 is 14.6 Å². The third kappa shape index (κ3) is 2.45. The Labute approximate surface area is 82.5 Å². The van der Waals surface area contributed by atoms with Crippen LogP contribution in [-0.4, -0.2) is 22.7 Å². The number of aromatic nitrogens is 1. The maximum atomic E-state index is 10.7. The zero-order valence-electron chi connectivity index (χ0n) is 8.28. The summed E-state index contributed by atoms with van der Waals surface area (Å²) in [5.41, 5.74) is 0.952. The van der Waals surface area contributed by atoms with Crippen LogP contribution in [-0.2, 0) is 6.42 Å². The number of ether oxygens (including phenoxy) is 1. The van der Waals surface area contributed by atoms with E-state index in [1.54, 1.807) is 6.07 Å². The molecular weight excluding hydrogens is 182 g/mol. The minimum Gasteiger partial charge on any atom is -0.478 e. The third-order valence-corrected chi connectivity index (χ3v) is 1.76. The molecule has 1 aromatic heterocycles. The van der Waals surface area contributed by atoms with Gasteiger partial charge >= 0.3 is 5.97 Å². The van der Waals surface area contributed by atoms with Gasteiger partial charge in [-0.05, 0) is 19.4 Å². The summed E-state index contributed by atoms with van der Waals surface area (Å²) < 4.78 is 5.16. The van der Waals surface area contributed by atoms with Gasteiger partial charge < -0.3 is 9.84 Å². The maximum Gasteiger partial charge on any atom is 0.335 e. The molecule has 4 nitrogen and oxygen atoms in total. The van der Waals surface area contributed by atoms with Gasteiger partial charge in [0.2, 0.25) is 5.88 Å². The summed E-state index contributed by atoms with van der Waals surface area (Å²) in [4.78, 5) is 14.9. The van der Waals surface area contributed by atoms with Crippen LogP contribution in [0, 0.1) is 0 Å². The highest BCUT2D eigenvalue weighted by molar-refractivity contribution is 5.88. The second kappa shape index (κ2) is 4.60. The van der Waals surface area contributed by atoms with E-state index in [1.165, 1.54) is 6.07 Å². The molecule has 0 spiro atoms. The quantitative estimate of drug-likeness (QED) is 0.795. The molecule has 1 aromatic rings. The number of hydrogen-bond acceptors (Lipinski definition) is 3. The lowest BCUT2D eigenvalue weighted by atomic mass is 10.2. The van der Waals surface area contributed by atoms with Gasteiger partial charge in [0.15, 0.2) is 0 Å². The Morgan fingerprint density at radius 1 is 1.50 bits per heavy atom. The molecule has 14 heavy (non-hydrogen) atoms. The Balaban J connectivity index is 3.06. The highest BCUT2D eigenvalue weighted by atomic mass is 16.5. The van der Waals surface area contributed by atoms with Gasteiger partial charge in [-0.2, -0.15) is 0 Å². The van der Waals surface area contributed by atoms with Crippen molar-refractivity contribution >= 4 is 5.97 Å². The smallest absolute Gasteiger partial charge is 0.335 e. The van der Waals surface area contributed by atoms with E-state index in [9.17, 15) is 4.79 Å². The molecule has 0 amide bonds. The van der Waals surface area contributed by atoms with Crippen molar-refractivity contribution in [3.8, 4) is 5.88 Å². The van der Waals surface area contributed by atoms with Gasteiger partial charge in [0.05, 0.1) is 12.2 Å². The lowest BCUT2D eigenvalue weighted by Crippen LogP contribution is -2.03. The van der Waals surface area contributed by atoms with E-state index in [4.69, 9.17) is 9.84 Å². The van der Waals surface area contributed by atoms with Crippen molar-refractivity contribution in [3.05, 3.63) is 23.4 Å². The van der Waals surface area contributed by atoms with E-state index in [2.05, 4.69) is 4.98 Å². The van der Waals surface area contributed by atoms with Gasteiger partial charge in [-0.15, -0.1) is 0 Å². The number of hydrogen-bond donors (Lipinski definition) is 1. The molecule has 0 aliphatic carbocycles. The van der Waals surface area contributed by atoms with Crippen molar-refractivity contribution in [2.75, 3.05) is 6.61 Å². The summed E-state index contributed by atoms with van der Waals surface area (Å²) in [5.74, 6) is -0.577. The second-order valence-electron chi connectivity index (χ2n) is 2.78. The van der Waals surface area contributed by atoms with Crippen LogP contribution in [0.2, 0.25) is 0 Å². The number of pyridine rings is 1. The molecule has 76 valence electrons. The molecule has 0 unspecified atom stereocenters. The predicted octanol–water partition coefficient (Wildman–Crippen LogP) is 1.74. The molecule has 0 radical (unpaired) electrons. The average molecular weight is 195 g/mol. The summed E-state index contributed by atoms with van der Waals surface area (Å²) in [6.07, 6.45) is 0.696. The molecule has 0 aliphatic rings. The lowest BCUT2D eigenvalue weighted by Gasteiger charge is -2.05. The van der Waals surface area contributed by atoms with E-state index < -0.39 is 5.97 Å². The lowest BCUT2D eigenvalue weighted by molar-refractivity contribution is 0.0696. The van der Waals surface area contributed by atoms with E-state index in [1.807, 2.05) is 13.8 Å². The van der Waals surface area contributed by atoms with Crippen molar-refractivity contribution in [3.63, 3.8) is 0 Å². The summed E-state index contributed by atoms with van der Waals surface area (Å²) in [7, 11) is 0. The van der Waals surface area contributed by atoms with E-state index in [0.29, 0.717) is 18.9 Å². The summed E-state index contributed by atoms with van der Waals surface area (Å²) >= 11 is 0. The van der Waals surface area contributed by atoms with Crippen LogP contribution in [0.15, 0.2) is 12.1 Å². The number of aromatic carboxylic acids is 1. The molecule has 0 saturated carbocycles. The van der Waals surface area contributed by atoms with Crippen LogP contribution in [0.5, 0.6) is 5.88 Å². The first-order chi connectivity index (χ1) is 6.67. The minimum absolute atomic E-state index is 0.223. The fourth-order valence-electron chi connectivity index (χ4n) is 1.09. The standard InChI is InChI=1S/C10H13NO3/c1-3-8-5-7(10(12)13)6-9(11-8)14-4-2/h5-6H,3-4H2,1-2H3,(H,12,13). The van der Waals surface area contributed by atoms with Crippen LogP contribution >= 0.6 is 0 Å². The minimum atomic E-state index is -0.956. The SMILES string of the molecule is CCOc1cc(C(=O)O)cc(CC)n1. The first kappa shape index (κ1) is 10.5. The highest BCUT2D eigenvalue weighted by Crippen LogP contribution is 2.13. The van der Waals surface area contributed by atoms with E-state index in [-0.39, 0.29) is 5.56 Å². The normalized spacial score (nSPS) is 9.86. The van der Waals surface area contributed by atoms with Crippen LogP contribution in [0.25, 0.3) is 0 Å². The van der Waals surface area contributed by atoms with Crippen LogP contribution < -0.4 is 4.74 Å². The molecule has 1 heterocycles. The van der Waals surface area contributed by atoms with Gasteiger partial charge in [0.1, 0.15) is 0 Å². The molecule has 0 fully saturated rings. The second-order valence-corrected chi connectivity index (χ2v) is 2.78. The number of aryl methyl sites for hydroxylation is 1. The Bertz CT molecular complexity index is 336. The number of carboxylic acids is 1. The van der Waals surface area contributed by atoms with Crippen LogP contribution in [0.4, 0.5) is 0 Å². The number of carbonyl (C=O) groups is 1. The molecule has 0 atom stereocenters. The largest absolute Gasteiger partial charge is 0.478 e. The average Bonchev–Trinajstić information content (AvgIpc) is 2.17. The third-order valence-electron chi connectivity index (χ3n) is 1.76. The molecule has 0 aromatic carbocycles. The number of nitrogens with zero attached hydrogens (tertiary/aromatic N) is 1. The van der Waals surface area contributed by atoms with Crippen LogP contribution in [0.3, 0.4) is 0 Å². The van der Waals surface area contributed by atoms with Gasteiger partial charge in [0.25, 0.3) is 0 Å². The molecular formula is C10H13NO3. The first-order valence-electron chi connectivity index (χ1n) is 4.54. The Morgan fingerprint density at radius 2 is 2.21 bits per heavy atom. The number of carboxylic acid groups (broad SMARTS) is 1. The van der Waals surface area contributed by atoms with Gasteiger partial charge in [-0.25, -0.2) is 9.78 Å². The van der Waals surface area contributed by atoms with Gasteiger partial charge in [-0.1, -0.05) is 6.92 Å². The van der Waals surface area contributed by atoms with Crippen molar-refractivity contribution in [2.45, 2.75) is 20.3 Å². The highest BCUT2D eigenvalue weighted by Gasteiger charge is 2.07. The summed E-state index contributed by atoms with van der Waals surface area (Å²) in [5, 5.41) is 8.81. The number of rotatable bonds is 4. The van der Waals surface area contributed by atoms with Crippen molar-refractivity contribution in [2.24, 2.45) is 0 Å². The zero-order chi connectivity index (χ0) is 10.6. The molecule has 0 bridgehead atoms. The molecule has 1 N–H and O–H groups in total. The molecule has 0 saturated heterocycles. The van der Waals surface area contributed by atoms with Crippen molar-refractivity contribution in [1.29, 1.82) is 0 Å². The van der Waals surface area contributed by atoms with Crippen molar-refractivity contribution in [1.82, 2.24) is 4.98 Å². The summed E-state index contributed by atoms with van der Waals surface area (Å²) in [6, 6.07) is 3.00. The van der Waals surface area contributed by atoms with Gasteiger partial charge in [0, 0.05) is 11.8 Å². The fraction of sp³-hybridized carbons (Fsp3) is 0.400. The Hall–Kier alpha value is -1.58. The Kier molecular flexibility index (Phi) is 3.45. The van der Waals surface area contributed by atoms with Gasteiger partial charge in [-0.3, -0.25) is 0 Å². The predicted molar refractivity (Wildman–Crippen MR) is 51.7 cm³/mol. The zero-order valence-corrected chi connectivity index (χ0v) is 8.28. The van der Waals surface area contributed by atoms with E-state index >= 15 is 0 Å². The fourth-order valence-corrected chi connectivity index (χ4v) is 1.09. The molecule has 1 rings (SSSR count). The maximum absolute atomic E-state index is 10.7.